The zero-order chi connectivity index (χ0) is 14.9. The van der Waals surface area contributed by atoms with E-state index >= 15 is 0 Å². The Morgan fingerprint density at radius 2 is 1.90 bits per heavy atom. The SMILES string of the molecule is Cc1ccccc1-c1cn(C(=O)OC(C)(C)C)nc1N. The van der Waals surface area contributed by atoms with Crippen molar-refractivity contribution in [3.8, 4) is 11.1 Å². The number of nitrogens with zero attached hydrogens (tertiary/aromatic N) is 2. The van der Waals surface area contributed by atoms with E-state index in [0.717, 1.165) is 21.4 Å². The highest BCUT2D eigenvalue weighted by molar-refractivity contribution is 5.79. The number of carbonyl (C=O) groups excluding carboxylic acids is 1. The van der Waals surface area contributed by atoms with Gasteiger partial charge in [-0.3, -0.25) is 0 Å². The molecule has 0 fully saturated rings. The second kappa shape index (κ2) is 5.00. The van der Waals surface area contributed by atoms with Crippen molar-refractivity contribution < 1.29 is 9.53 Å². The fourth-order valence-corrected chi connectivity index (χ4v) is 1.87. The number of nitrogens with two attached hydrogens (primary N) is 1. The van der Waals surface area contributed by atoms with Gasteiger partial charge in [0.05, 0.1) is 0 Å². The standard InChI is InChI=1S/C15H19N3O2/c1-10-7-5-6-8-11(10)12-9-18(17-13(12)16)14(19)20-15(2,3)4/h5-9H,1-4H3,(H2,16,17). The van der Waals surface area contributed by atoms with E-state index in [9.17, 15) is 4.79 Å². The second-order valence-corrected chi connectivity index (χ2v) is 5.67. The molecule has 0 aliphatic rings. The zero-order valence-corrected chi connectivity index (χ0v) is 12.2. The van der Waals surface area contributed by atoms with Crippen molar-refractivity contribution in [3.63, 3.8) is 0 Å². The minimum Gasteiger partial charge on any atom is -0.442 e. The molecule has 0 aliphatic carbocycles. The van der Waals surface area contributed by atoms with Gasteiger partial charge in [-0.05, 0) is 38.8 Å². The first-order chi connectivity index (χ1) is 9.28. The van der Waals surface area contributed by atoms with Crippen LogP contribution < -0.4 is 5.73 Å². The monoisotopic (exact) mass is 273 g/mol. The highest BCUT2D eigenvalue weighted by atomic mass is 16.6. The van der Waals surface area contributed by atoms with Gasteiger partial charge in [0.2, 0.25) is 0 Å². The van der Waals surface area contributed by atoms with Crippen LogP contribution >= 0.6 is 0 Å². The van der Waals surface area contributed by atoms with Crippen LogP contribution in [0.4, 0.5) is 10.6 Å². The third-order valence-electron chi connectivity index (χ3n) is 2.76. The Morgan fingerprint density at radius 1 is 1.25 bits per heavy atom. The average molecular weight is 273 g/mol. The molecule has 20 heavy (non-hydrogen) atoms. The summed E-state index contributed by atoms with van der Waals surface area (Å²) in [5.74, 6) is 0.310. The van der Waals surface area contributed by atoms with Crippen molar-refractivity contribution in [3.05, 3.63) is 36.0 Å². The molecule has 106 valence electrons. The lowest BCUT2D eigenvalue weighted by atomic mass is 10.0. The van der Waals surface area contributed by atoms with Crippen LogP contribution in [0.25, 0.3) is 11.1 Å². The van der Waals surface area contributed by atoms with Gasteiger partial charge < -0.3 is 10.5 Å². The minimum atomic E-state index is -0.569. The van der Waals surface area contributed by atoms with E-state index in [-0.39, 0.29) is 0 Å². The molecular weight excluding hydrogens is 254 g/mol. The summed E-state index contributed by atoms with van der Waals surface area (Å²) in [5.41, 5.74) is 8.10. The number of hydrogen-bond acceptors (Lipinski definition) is 4. The quantitative estimate of drug-likeness (QED) is 0.866. The van der Waals surface area contributed by atoms with Crippen LogP contribution in [-0.4, -0.2) is 21.5 Å². The van der Waals surface area contributed by atoms with E-state index in [0.29, 0.717) is 5.82 Å². The maximum Gasteiger partial charge on any atom is 0.435 e. The van der Waals surface area contributed by atoms with Gasteiger partial charge in [-0.25, -0.2) is 4.79 Å². The Bertz CT molecular complexity index is 639. The molecule has 1 heterocycles. The van der Waals surface area contributed by atoms with Gasteiger partial charge in [-0.1, -0.05) is 24.3 Å². The summed E-state index contributed by atoms with van der Waals surface area (Å²) in [6.07, 6.45) is 1.06. The van der Waals surface area contributed by atoms with Crippen molar-refractivity contribution in [1.82, 2.24) is 9.78 Å². The van der Waals surface area contributed by atoms with E-state index in [1.165, 1.54) is 0 Å². The Labute approximate surface area is 118 Å². The number of hydrogen-bond donors (Lipinski definition) is 1. The van der Waals surface area contributed by atoms with Crippen LogP contribution in [0.15, 0.2) is 30.5 Å². The summed E-state index contributed by atoms with van der Waals surface area (Å²) in [4.78, 5) is 12.0. The van der Waals surface area contributed by atoms with Crippen LogP contribution in [0.2, 0.25) is 0 Å². The predicted molar refractivity (Wildman–Crippen MR) is 78.4 cm³/mol. The predicted octanol–water partition coefficient (Wildman–Crippen LogP) is 3.22. The molecule has 1 aromatic heterocycles. The lowest BCUT2D eigenvalue weighted by molar-refractivity contribution is 0.0515. The van der Waals surface area contributed by atoms with E-state index < -0.39 is 11.7 Å². The van der Waals surface area contributed by atoms with Crippen LogP contribution in [0, 0.1) is 6.92 Å². The fourth-order valence-electron chi connectivity index (χ4n) is 1.87. The molecule has 2 N–H and O–H groups in total. The molecule has 0 amide bonds. The third kappa shape index (κ3) is 2.99. The van der Waals surface area contributed by atoms with Gasteiger partial charge in [0.25, 0.3) is 0 Å². The number of benzene rings is 1. The summed E-state index contributed by atoms with van der Waals surface area (Å²) in [7, 11) is 0. The van der Waals surface area contributed by atoms with Gasteiger partial charge >= 0.3 is 6.09 Å². The number of carbonyl (C=O) groups is 1. The number of aromatic nitrogens is 2. The van der Waals surface area contributed by atoms with Crippen molar-refractivity contribution in [1.29, 1.82) is 0 Å². The largest absolute Gasteiger partial charge is 0.442 e. The number of rotatable bonds is 1. The van der Waals surface area contributed by atoms with Crippen LogP contribution in [0.3, 0.4) is 0 Å². The third-order valence-corrected chi connectivity index (χ3v) is 2.76. The zero-order valence-electron chi connectivity index (χ0n) is 12.2. The van der Waals surface area contributed by atoms with Crippen molar-refractivity contribution in [2.75, 3.05) is 5.73 Å². The molecule has 0 unspecified atom stereocenters. The van der Waals surface area contributed by atoms with E-state index in [2.05, 4.69) is 5.10 Å². The Balaban J connectivity index is 2.36. The molecule has 5 nitrogen and oxygen atoms in total. The van der Waals surface area contributed by atoms with Gasteiger partial charge in [0, 0.05) is 11.8 Å². The summed E-state index contributed by atoms with van der Waals surface area (Å²) < 4.78 is 6.41. The molecule has 0 radical (unpaired) electrons. The van der Waals surface area contributed by atoms with Crippen LogP contribution in [-0.2, 0) is 4.74 Å². The van der Waals surface area contributed by atoms with Crippen molar-refractivity contribution >= 4 is 11.9 Å². The first-order valence-corrected chi connectivity index (χ1v) is 6.42. The Morgan fingerprint density at radius 3 is 2.50 bits per heavy atom. The highest BCUT2D eigenvalue weighted by Gasteiger charge is 2.20. The summed E-state index contributed by atoms with van der Waals surface area (Å²) in [6, 6.07) is 7.81. The summed E-state index contributed by atoms with van der Waals surface area (Å²) >= 11 is 0. The number of nitrogen functional groups attached to an aromatic ring is 1. The minimum absolute atomic E-state index is 0.310. The normalized spacial score (nSPS) is 11.4. The van der Waals surface area contributed by atoms with Gasteiger partial charge in [-0.15, -0.1) is 5.10 Å². The average Bonchev–Trinajstić information content (AvgIpc) is 2.70. The fraction of sp³-hybridized carbons (Fsp3) is 0.333. The smallest absolute Gasteiger partial charge is 0.435 e. The van der Waals surface area contributed by atoms with E-state index in [4.69, 9.17) is 10.5 Å². The Hall–Kier alpha value is -2.30. The summed E-state index contributed by atoms with van der Waals surface area (Å²) in [6.45, 7) is 7.40. The molecule has 0 saturated heterocycles. The molecule has 0 atom stereocenters. The molecular formula is C15H19N3O2. The molecule has 2 rings (SSSR count). The van der Waals surface area contributed by atoms with Crippen molar-refractivity contribution in [2.24, 2.45) is 0 Å². The van der Waals surface area contributed by atoms with E-state index in [1.54, 1.807) is 27.0 Å². The van der Waals surface area contributed by atoms with Gasteiger partial charge in [0.1, 0.15) is 5.60 Å². The molecule has 0 aliphatic heterocycles. The summed E-state index contributed by atoms with van der Waals surface area (Å²) in [5, 5.41) is 4.03. The van der Waals surface area contributed by atoms with Gasteiger partial charge in [-0.2, -0.15) is 4.68 Å². The molecule has 0 saturated carbocycles. The molecule has 1 aromatic carbocycles. The maximum absolute atomic E-state index is 12.0. The molecule has 2 aromatic rings. The molecule has 0 bridgehead atoms. The van der Waals surface area contributed by atoms with Crippen LogP contribution in [0.5, 0.6) is 0 Å². The van der Waals surface area contributed by atoms with E-state index in [1.807, 2.05) is 31.2 Å². The second-order valence-electron chi connectivity index (χ2n) is 5.67. The lowest BCUT2D eigenvalue weighted by Crippen LogP contribution is -2.27. The first-order valence-electron chi connectivity index (χ1n) is 6.42. The number of anilines is 1. The van der Waals surface area contributed by atoms with Gasteiger partial charge in [0.15, 0.2) is 5.82 Å². The van der Waals surface area contributed by atoms with Crippen LogP contribution in [0.1, 0.15) is 26.3 Å². The van der Waals surface area contributed by atoms with Crippen molar-refractivity contribution in [2.45, 2.75) is 33.3 Å². The number of aryl methyl sites for hydroxylation is 1. The molecule has 0 spiro atoms. The maximum atomic E-state index is 12.0. The topological polar surface area (TPSA) is 70.1 Å². The first kappa shape index (κ1) is 14.1. The molecule has 5 heteroatoms. The Kier molecular flexibility index (Phi) is 3.53. The highest BCUT2D eigenvalue weighted by Crippen LogP contribution is 2.27. The lowest BCUT2D eigenvalue weighted by Gasteiger charge is -2.18. The number of ether oxygens (including phenoxy) is 1.